The normalized spacial score (nSPS) is 12.1. The highest BCUT2D eigenvalue weighted by Gasteiger charge is 2.25. The smallest absolute Gasteiger partial charge is 0.133 e. The number of phenols is 2. The Morgan fingerprint density at radius 3 is 1.14 bits per heavy atom. The number of rotatable bonds is 4. The Balaban J connectivity index is 1.91. The first-order valence-corrected chi connectivity index (χ1v) is 12.8. The largest absolute Gasteiger partial charge is 0.506 e. The molecule has 0 aliphatic rings. The van der Waals surface area contributed by atoms with E-state index in [-0.39, 0.29) is 22.3 Å². The first kappa shape index (κ1) is 24.9. The van der Waals surface area contributed by atoms with Gasteiger partial charge in [-0.05, 0) is 57.3 Å². The molecule has 0 aliphatic carbocycles. The van der Waals surface area contributed by atoms with Crippen molar-refractivity contribution in [3.05, 3.63) is 96.1 Å². The SMILES string of the molecule is CC(C)(C)c1cc(-c2ccccc2)cc(Sc2cc(-c3ccccc3)cc(C(C)(C)C)c2O)c1O. The standard InChI is InChI=1S/C32H34O2S/c1-31(2,3)25-17-23(21-13-9-7-10-14-21)19-27(29(25)33)35-28-20-24(22-15-11-8-12-16-22)18-26(30(28)34)32(4,5)6/h7-20,33-34H,1-6H3. The lowest BCUT2D eigenvalue weighted by Gasteiger charge is -2.25. The zero-order valence-electron chi connectivity index (χ0n) is 21.4. The fourth-order valence-corrected chi connectivity index (χ4v) is 5.25. The zero-order valence-corrected chi connectivity index (χ0v) is 22.2. The summed E-state index contributed by atoms with van der Waals surface area (Å²) >= 11 is 1.42. The molecule has 4 aromatic rings. The van der Waals surface area contributed by atoms with Crippen molar-refractivity contribution in [2.45, 2.75) is 62.2 Å². The van der Waals surface area contributed by atoms with Gasteiger partial charge in [0.2, 0.25) is 0 Å². The molecule has 3 heteroatoms. The summed E-state index contributed by atoms with van der Waals surface area (Å²) in [6, 6.07) is 28.6. The van der Waals surface area contributed by atoms with Gasteiger partial charge in [0.25, 0.3) is 0 Å². The molecule has 0 aliphatic heterocycles. The number of aromatic hydroxyl groups is 2. The maximum atomic E-state index is 11.4. The molecule has 0 amide bonds. The number of phenolic OH excluding ortho intramolecular Hbond substituents is 2. The Labute approximate surface area is 213 Å². The van der Waals surface area contributed by atoms with E-state index < -0.39 is 0 Å². The van der Waals surface area contributed by atoms with Crippen LogP contribution in [0.15, 0.2) is 94.7 Å². The highest BCUT2D eigenvalue weighted by Crippen LogP contribution is 2.48. The van der Waals surface area contributed by atoms with Crippen LogP contribution >= 0.6 is 11.8 Å². The van der Waals surface area contributed by atoms with Crippen molar-refractivity contribution < 1.29 is 10.2 Å². The minimum absolute atomic E-state index is 0.241. The quantitative estimate of drug-likeness (QED) is 0.304. The topological polar surface area (TPSA) is 40.5 Å². The van der Waals surface area contributed by atoms with Gasteiger partial charge < -0.3 is 10.2 Å². The van der Waals surface area contributed by atoms with E-state index in [9.17, 15) is 10.2 Å². The molecule has 0 fully saturated rings. The Hall–Kier alpha value is -3.17. The van der Waals surface area contributed by atoms with Gasteiger partial charge in [0.05, 0.1) is 9.79 Å². The molecule has 0 heterocycles. The van der Waals surface area contributed by atoms with Crippen LogP contribution in [0.5, 0.6) is 11.5 Å². The fraction of sp³-hybridized carbons (Fsp3) is 0.250. The van der Waals surface area contributed by atoms with E-state index in [4.69, 9.17) is 0 Å². The highest BCUT2D eigenvalue weighted by atomic mass is 32.2. The molecule has 35 heavy (non-hydrogen) atoms. The number of hydrogen-bond donors (Lipinski definition) is 2. The molecule has 0 atom stereocenters. The van der Waals surface area contributed by atoms with Crippen LogP contribution in [0.4, 0.5) is 0 Å². The second kappa shape index (κ2) is 9.47. The molecular formula is C32H34O2S. The van der Waals surface area contributed by atoms with Crippen LogP contribution in [0.25, 0.3) is 22.3 Å². The van der Waals surface area contributed by atoms with Gasteiger partial charge in [0, 0.05) is 11.1 Å². The van der Waals surface area contributed by atoms with Gasteiger partial charge in [0.15, 0.2) is 0 Å². The minimum atomic E-state index is -0.241. The third-order valence-electron chi connectivity index (χ3n) is 6.20. The number of benzene rings is 4. The molecule has 2 nitrogen and oxygen atoms in total. The predicted octanol–water partition coefficient (Wildman–Crippen LogP) is 9.18. The van der Waals surface area contributed by atoms with Crippen molar-refractivity contribution in [1.29, 1.82) is 0 Å². The summed E-state index contributed by atoms with van der Waals surface area (Å²) in [7, 11) is 0. The van der Waals surface area contributed by atoms with E-state index in [0.717, 1.165) is 43.2 Å². The lowest BCUT2D eigenvalue weighted by molar-refractivity contribution is 0.433. The lowest BCUT2D eigenvalue weighted by Crippen LogP contribution is -2.12. The maximum Gasteiger partial charge on any atom is 0.133 e. The highest BCUT2D eigenvalue weighted by molar-refractivity contribution is 7.99. The molecule has 4 aromatic carbocycles. The molecule has 0 unspecified atom stereocenters. The molecular weight excluding hydrogens is 448 g/mol. The van der Waals surface area contributed by atoms with Gasteiger partial charge in [-0.2, -0.15) is 0 Å². The minimum Gasteiger partial charge on any atom is -0.506 e. The number of hydrogen-bond acceptors (Lipinski definition) is 3. The third-order valence-corrected chi connectivity index (χ3v) is 7.26. The molecule has 0 radical (unpaired) electrons. The summed E-state index contributed by atoms with van der Waals surface area (Å²) in [6.07, 6.45) is 0. The van der Waals surface area contributed by atoms with E-state index in [1.54, 1.807) is 0 Å². The van der Waals surface area contributed by atoms with E-state index >= 15 is 0 Å². The second-order valence-electron chi connectivity index (χ2n) is 11.1. The van der Waals surface area contributed by atoms with Crippen LogP contribution < -0.4 is 0 Å². The van der Waals surface area contributed by atoms with Gasteiger partial charge >= 0.3 is 0 Å². The summed E-state index contributed by atoms with van der Waals surface area (Å²) in [6.45, 7) is 12.6. The molecule has 2 N–H and O–H groups in total. The van der Waals surface area contributed by atoms with Gasteiger partial charge in [-0.1, -0.05) is 114 Å². The van der Waals surface area contributed by atoms with Crippen LogP contribution in [0.2, 0.25) is 0 Å². The van der Waals surface area contributed by atoms with Crippen LogP contribution in [0.1, 0.15) is 52.7 Å². The molecule has 0 aromatic heterocycles. The van der Waals surface area contributed by atoms with Gasteiger partial charge in [-0.3, -0.25) is 0 Å². The molecule has 0 saturated heterocycles. The first-order chi connectivity index (χ1) is 16.4. The van der Waals surface area contributed by atoms with Crippen LogP contribution in [-0.2, 0) is 10.8 Å². The van der Waals surface area contributed by atoms with Crippen LogP contribution in [-0.4, -0.2) is 10.2 Å². The Morgan fingerprint density at radius 2 is 0.829 bits per heavy atom. The van der Waals surface area contributed by atoms with Crippen molar-refractivity contribution in [3.8, 4) is 33.8 Å². The van der Waals surface area contributed by atoms with Gasteiger partial charge in [-0.15, -0.1) is 0 Å². The Morgan fingerprint density at radius 1 is 0.486 bits per heavy atom. The van der Waals surface area contributed by atoms with E-state index in [1.165, 1.54) is 11.8 Å². The van der Waals surface area contributed by atoms with Gasteiger partial charge in [-0.25, -0.2) is 0 Å². The molecule has 0 spiro atoms. The van der Waals surface area contributed by atoms with Crippen LogP contribution in [0, 0.1) is 0 Å². The Kier molecular flexibility index (Phi) is 6.75. The average Bonchev–Trinajstić information content (AvgIpc) is 2.81. The van der Waals surface area contributed by atoms with Crippen molar-refractivity contribution in [1.82, 2.24) is 0 Å². The third kappa shape index (κ3) is 5.41. The van der Waals surface area contributed by atoms with Crippen molar-refractivity contribution in [3.63, 3.8) is 0 Å². The summed E-state index contributed by atoms with van der Waals surface area (Å²) in [5, 5.41) is 22.7. The van der Waals surface area contributed by atoms with E-state index in [0.29, 0.717) is 0 Å². The zero-order chi connectivity index (χ0) is 25.4. The van der Waals surface area contributed by atoms with Crippen molar-refractivity contribution in [2.75, 3.05) is 0 Å². The van der Waals surface area contributed by atoms with Crippen molar-refractivity contribution in [2.24, 2.45) is 0 Å². The lowest BCUT2D eigenvalue weighted by atomic mass is 9.84. The molecule has 180 valence electrons. The van der Waals surface area contributed by atoms with Crippen molar-refractivity contribution >= 4 is 11.8 Å². The molecule has 4 rings (SSSR count). The fourth-order valence-electron chi connectivity index (χ4n) is 4.23. The van der Waals surface area contributed by atoms with Crippen LogP contribution in [0.3, 0.4) is 0 Å². The maximum absolute atomic E-state index is 11.4. The van der Waals surface area contributed by atoms with E-state index in [2.05, 4.69) is 77.9 Å². The molecule has 0 bridgehead atoms. The monoisotopic (exact) mass is 482 g/mol. The predicted molar refractivity (Wildman–Crippen MR) is 149 cm³/mol. The summed E-state index contributed by atoms with van der Waals surface area (Å²) in [5.41, 5.74) is 5.57. The molecule has 0 saturated carbocycles. The second-order valence-corrected chi connectivity index (χ2v) is 12.2. The van der Waals surface area contributed by atoms with Gasteiger partial charge in [0.1, 0.15) is 11.5 Å². The summed E-state index contributed by atoms with van der Waals surface area (Å²) in [5.74, 6) is 0.535. The Bertz CT molecular complexity index is 1220. The average molecular weight is 483 g/mol. The van der Waals surface area contributed by atoms with E-state index in [1.807, 2.05) is 48.5 Å². The summed E-state index contributed by atoms with van der Waals surface area (Å²) < 4.78 is 0. The summed E-state index contributed by atoms with van der Waals surface area (Å²) in [4.78, 5) is 1.47. The first-order valence-electron chi connectivity index (χ1n) is 12.0.